The van der Waals surface area contributed by atoms with Crippen LogP contribution in [0.15, 0.2) is 0 Å². The third-order valence-electron chi connectivity index (χ3n) is 5.28. The lowest BCUT2D eigenvalue weighted by Crippen LogP contribution is -2.47. The van der Waals surface area contributed by atoms with Crippen molar-refractivity contribution in [2.45, 2.75) is 84.7 Å². The van der Waals surface area contributed by atoms with Crippen molar-refractivity contribution in [2.24, 2.45) is 23.7 Å². The molecule has 0 aromatic heterocycles. The average molecular weight is 251 g/mol. The van der Waals surface area contributed by atoms with Gasteiger partial charge in [-0.15, -0.1) is 0 Å². The Morgan fingerprint density at radius 2 is 1.83 bits per heavy atom. The molecule has 2 fully saturated rings. The van der Waals surface area contributed by atoms with Crippen molar-refractivity contribution in [1.29, 1.82) is 0 Å². The number of hydrogen-bond acceptors (Lipinski definition) is 1. The van der Waals surface area contributed by atoms with Gasteiger partial charge in [0.05, 0.1) is 0 Å². The molecular formula is C17H33N. The zero-order chi connectivity index (χ0) is 13.1. The minimum atomic E-state index is 0.786. The monoisotopic (exact) mass is 251 g/mol. The lowest BCUT2D eigenvalue weighted by atomic mass is 9.73. The van der Waals surface area contributed by atoms with Gasteiger partial charge in [-0.1, -0.05) is 47.0 Å². The summed E-state index contributed by atoms with van der Waals surface area (Å²) in [6, 6.07) is 1.58. The van der Waals surface area contributed by atoms with Crippen LogP contribution in [0.5, 0.6) is 0 Å². The largest absolute Gasteiger partial charge is 0.311 e. The van der Waals surface area contributed by atoms with E-state index in [0.717, 1.165) is 35.8 Å². The molecule has 4 unspecified atom stereocenters. The van der Waals surface area contributed by atoms with E-state index in [1.54, 1.807) is 0 Å². The maximum Gasteiger partial charge on any atom is 0.0103 e. The number of rotatable bonds is 6. The minimum absolute atomic E-state index is 0.786. The second-order valence-electron chi connectivity index (χ2n) is 7.38. The molecule has 106 valence electrons. The van der Waals surface area contributed by atoms with Crippen LogP contribution in [0.4, 0.5) is 0 Å². The van der Waals surface area contributed by atoms with Gasteiger partial charge in [-0.05, 0) is 49.4 Å². The van der Waals surface area contributed by atoms with E-state index in [-0.39, 0.29) is 0 Å². The fourth-order valence-electron chi connectivity index (χ4n) is 3.81. The molecule has 0 bridgehead atoms. The molecule has 1 heteroatoms. The van der Waals surface area contributed by atoms with Crippen molar-refractivity contribution < 1.29 is 0 Å². The first-order valence-corrected chi connectivity index (χ1v) is 8.36. The summed E-state index contributed by atoms with van der Waals surface area (Å²) in [7, 11) is 0. The maximum atomic E-state index is 4.04. The molecule has 2 rings (SSSR count). The van der Waals surface area contributed by atoms with E-state index in [2.05, 4.69) is 33.0 Å². The standard InChI is InChI=1S/C17H33N/c1-5-15(11-14-7-8-14)18-17-10-13(4)6-9-16(17)12(2)3/h12-18H,5-11H2,1-4H3. The molecule has 18 heavy (non-hydrogen) atoms. The molecule has 0 amide bonds. The van der Waals surface area contributed by atoms with Crippen LogP contribution in [0.2, 0.25) is 0 Å². The fourth-order valence-corrected chi connectivity index (χ4v) is 3.81. The Labute approximate surface area is 114 Å². The van der Waals surface area contributed by atoms with Gasteiger partial charge < -0.3 is 5.32 Å². The third kappa shape index (κ3) is 3.98. The minimum Gasteiger partial charge on any atom is -0.311 e. The summed E-state index contributed by atoms with van der Waals surface area (Å²) < 4.78 is 0. The van der Waals surface area contributed by atoms with Crippen LogP contribution in [0.3, 0.4) is 0 Å². The van der Waals surface area contributed by atoms with Crippen LogP contribution < -0.4 is 5.32 Å². The topological polar surface area (TPSA) is 12.0 Å². The lowest BCUT2D eigenvalue weighted by molar-refractivity contribution is 0.155. The zero-order valence-corrected chi connectivity index (χ0v) is 12.9. The second kappa shape index (κ2) is 6.41. The molecule has 1 N–H and O–H groups in total. The maximum absolute atomic E-state index is 4.04. The summed E-state index contributed by atoms with van der Waals surface area (Å²) in [6.07, 6.45) is 10.0. The Kier molecular flexibility index (Phi) is 5.12. The van der Waals surface area contributed by atoms with E-state index in [0.29, 0.717) is 0 Å². The Morgan fingerprint density at radius 1 is 1.11 bits per heavy atom. The van der Waals surface area contributed by atoms with Gasteiger partial charge in [-0.3, -0.25) is 0 Å². The van der Waals surface area contributed by atoms with Gasteiger partial charge in [0.25, 0.3) is 0 Å². The van der Waals surface area contributed by atoms with E-state index in [1.807, 2.05) is 0 Å². The highest BCUT2D eigenvalue weighted by molar-refractivity contribution is 4.89. The molecule has 0 aromatic carbocycles. The number of hydrogen-bond donors (Lipinski definition) is 1. The molecule has 2 aliphatic rings. The zero-order valence-electron chi connectivity index (χ0n) is 12.9. The highest BCUT2D eigenvalue weighted by Gasteiger charge is 2.33. The highest BCUT2D eigenvalue weighted by atomic mass is 15.0. The first-order valence-electron chi connectivity index (χ1n) is 8.36. The van der Waals surface area contributed by atoms with Crippen molar-refractivity contribution in [3.63, 3.8) is 0 Å². The van der Waals surface area contributed by atoms with Crippen LogP contribution in [0.25, 0.3) is 0 Å². The van der Waals surface area contributed by atoms with Crippen molar-refractivity contribution in [3.8, 4) is 0 Å². The van der Waals surface area contributed by atoms with Gasteiger partial charge in [-0.2, -0.15) is 0 Å². The molecule has 0 aliphatic heterocycles. The van der Waals surface area contributed by atoms with E-state index < -0.39 is 0 Å². The first kappa shape index (κ1) is 14.4. The molecule has 1 nitrogen and oxygen atoms in total. The van der Waals surface area contributed by atoms with Crippen LogP contribution in [-0.4, -0.2) is 12.1 Å². The summed E-state index contributed by atoms with van der Waals surface area (Å²) in [5, 5.41) is 4.04. The van der Waals surface area contributed by atoms with E-state index >= 15 is 0 Å². The van der Waals surface area contributed by atoms with E-state index in [1.165, 1.54) is 44.9 Å². The Hall–Kier alpha value is -0.0400. The van der Waals surface area contributed by atoms with E-state index in [9.17, 15) is 0 Å². The first-order chi connectivity index (χ1) is 8.60. The molecule has 0 radical (unpaired) electrons. The Bertz CT molecular complexity index is 244. The van der Waals surface area contributed by atoms with Gasteiger partial charge in [0, 0.05) is 12.1 Å². The van der Waals surface area contributed by atoms with Crippen LogP contribution in [0.1, 0.15) is 72.6 Å². The predicted molar refractivity (Wildman–Crippen MR) is 79.7 cm³/mol. The lowest BCUT2D eigenvalue weighted by Gasteiger charge is -2.40. The van der Waals surface area contributed by atoms with Gasteiger partial charge in [-0.25, -0.2) is 0 Å². The highest BCUT2D eigenvalue weighted by Crippen LogP contribution is 2.36. The normalized spacial score (nSPS) is 34.8. The van der Waals surface area contributed by atoms with Gasteiger partial charge in [0.2, 0.25) is 0 Å². The van der Waals surface area contributed by atoms with Crippen molar-refractivity contribution in [1.82, 2.24) is 5.32 Å². The van der Waals surface area contributed by atoms with Gasteiger partial charge in [0.15, 0.2) is 0 Å². The molecule has 0 saturated heterocycles. The number of nitrogens with one attached hydrogen (secondary N) is 1. The second-order valence-corrected chi connectivity index (χ2v) is 7.38. The Balaban J connectivity index is 1.89. The van der Waals surface area contributed by atoms with Crippen molar-refractivity contribution in [2.75, 3.05) is 0 Å². The van der Waals surface area contributed by atoms with Crippen molar-refractivity contribution >= 4 is 0 Å². The quantitative estimate of drug-likeness (QED) is 0.726. The fraction of sp³-hybridized carbons (Fsp3) is 1.00. The summed E-state index contributed by atoms with van der Waals surface area (Å²) in [6.45, 7) is 9.62. The van der Waals surface area contributed by atoms with Crippen LogP contribution in [-0.2, 0) is 0 Å². The summed E-state index contributed by atoms with van der Waals surface area (Å²) in [5.74, 6) is 3.74. The third-order valence-corrected chi connectivity index (χ3v) is 5.28. The average Bonchev–Trinajstić information content (AvgIpc) is 3.11. The molecule has 4 atom stereocenters. The molecule has 2 aliphatic carbocycles. The summed E-state index contributed by atoms with van der Waals surface area (Å²) in [5.41, 5.74) is 0. The van der Waals surface area contributed by atoms with Gasteiger partial charge in [0.1, 0.15) is 0 Å². The molecular weight excluding hydrogens is 218 g/mol. The Morgan fingerprint density at radius 3 is 2.39 bits per heavy atom. The predicted octanol–water partition coefficient (Wildman–Crippen LogP) is 4.62. The molecule has 2 saturated carbocycles. The molecule has 0 aromatic rings. The van der Waals surface area contributed by atoms with Crippen LogP contribution >= 0.6 is 0 Å². The SMILES string of the molecule is CCC(CC1CC1)NC1CC(C)CCC1C(C)C. The smallest absolute Gasteiger partial charge is 0.0103 e. The van der Waals surface area contributed by atoms with Crippen molar-refractivity contribution in [3.05, 3.63) is 0 Å². The van der Waals surface area contributed by atoms with Gasteiger partial charge >= 0.3 is 0 Å². The van der Waals surface area contributed by atoms with Crippen LogP contribution in [0, 0.1) is 23.7 Å². The molecule has 0 heterocycles. The van der Waals surface area contributed by atoms with E-state index in [4.69, 9.17) is 0 Å². The summed E-state index contributed by atoms with van der Waals surface area (Å²) in [4.78, 5) is 0. The molecule has 0 spiro atoms. The summed E-state index contributed by atoms with van der Waals surface area (Å²) >= 11 is 0.